The molecule has 2 aromatic rings. The summed E-state index contributed by atoms with van der Waals surface area (Å²) < 4.78 is 20.1. The third-order valence-electron chi connectivity index (χ3n) is 6.19. The van der Waals surface area contributed by atoms with E-state index in [1.54, 1.807) is 11.0 Å². The van der Waals surface area contributed by atoms with Crippen molar-refractivity contribution in [3.8, 4) is 5.75 Å². The molecule has 0 N–H and O–H groups in total. The van der Waals surface area contributed by atoms with E-state index in [1.807, 2.05) is 30.3 Å². The van der Waals surface area contributed by atoms with Crippen LogP contribution in [0.1, 0.15) is 41.5 Å². The van der Waals surface area contributed by atoms with Crippen LogP contribution in [0.15, 0.2) is 60.0 Å². The average Bonchev–Trinajstić information content (AvgIpc) is 2.66. The number of halogens is 1. The molecular weight excluding hydrogens is 381 g/mol. The number of hydrogen-bond acceptors (Lipinski definition) is 2. The van der Waals surface area contributed by atoms with Gasteiger partial charge in [0, 0.05) is 11.8 Å². The molecule has 0 aromatic heterocycles. The summed E-state index contributed by atoms with van der Waals surface area (Å²) in [7, 11) is -2.03. The molecule has 1 aliphatic heterocycles. The van der Waals surface area contributed by atoms with Crippen LogP contribution in [0.3, 0.4) is 0 Å². The van der Waals surface area contributed by atoms with Crippen LogP contribution in [0.5, 0.6) is 5.75 Å². The number of hydrogen-bond donors (Lipinski definition) is 0. The van der Waals surface area contributed by atoms with Crippen molar-refractivity contribution >= 4 is 25.4 Å². The molecule has 2 aromatic carbocycles. The van der Waals surface area contributed by atoms with Crippen molar-refractivity contribution < 1.29 is 13.9 Å². The highest BCUT2D eigenvalue weighted by Gasteiger charge is 2.44. The van der Waals surface area contributed by atoms with E-state index in [0.29, 0.717) is 39.5 Å². The Hall–Kier alpha value is -2.40. The number of ether oxygens (including phenoxy) is 1. The standard InChI is InChI=1S/C24H30FNO2Si/c1-16(2)29(17(3)4,18(5)6)15-23-24(27)26(20-10-8-7-9-11-20)21-14-19(25)12-13-22(21)28-23/h7-18H,1-6H3/b23-15-. The molecule has 0 radical (unpaired) electrons. The molecule has 0 fully saturated rings. The van der Waals surface area contributed by atoms with E-state index in [2.05, 4.69) is 47.2 Å². The first-order valence-corrected chi connectivity index (χ1v) is 12.6. The molecule has 0 saturated heterocycles. The molecule has 1 aliphatic rings. The second-order valence-corrected chi connectivity index (χ2v) is 14.4. The van der Waals surface area contributed by atoms with E-state index in [4.69, 9.17) is 4.74 Å². The zero-order valence-electron chi connectivity index (χ0n) is 18.1. The highest BCUT2D eigenvalue weighted by molar-refractivity contribution is 6.88. The van der Waals surface area contributed by atoms with Crippen molar-refractivity contribution in [1.82, 2.24) is 0 Å². The van der Waals surface area contributed by atoms with Crippen LogP contribution < -0.4 is 9.64 Å². The maximum Gasteiger partial charge on any atom is 0.297 e. The fourth-order valence-corrected chi connectivity index (χ4v) is 10.4. The predicted octanol–water partition coefficient (Wildman–Crippen LogP) is 6.98. The number of para-hydroxylation sites is 1. The Balaban J connectivity index is 2.21. The average molecular weight is 412 g/mol. The molecule has 3 rings (SSSR count). The summed E-state index contributed by atoms with van der Waals surface area (Å²) in [6.07, 6.45) is 0. The molecule has 5 heteroatoms. The third kappa shape index (κ3) is 3.76. The number of anilines is 2. The van der Waals surface area contributed by atoms with Crippen LogP contribution in [-0.2, 0) is 4.79 Å². The molecule has 0 aliphatic carbocycles. The molecule has 0 bridgehead atoms. The number of rotatable bonds is 5. The van der Waals surface area contributed by atoms with Crippen LogP contribution in [-0.4, -0.2) is 14.0 Å². The van der Waals surface area contributed by atoms with Gasteiger partial charge in [-0.15, -0.1) is 0 Å². The molecular formula is C24H30FNO2Si. The van der Waals surface area contributed by atoms with Crippen molar-refractivity contribution in [1.29, 1.82) is 0 Å². The van der Waals surface area contributed by atoms with E-state index in [0.717, 1.165) is 0 Å². The number of fused-ring (bicyclic) bond motifs is 1. The summed E-state index contributed by atoms with van der Waals surface area (Å²) >= 11 is 0. The van der Waals surface area contributed by atoms with Gasteiger partial charge in [-0.3, -0.25) is 9.69 Å². The topological polar surface area (TPSA) is 29.5 Å². The van der Waals surface area contributed by atoms with Gasteiger partial charge in [-0.05, 0) is 46.6 Å². The lowest BCUT2D eigenvalue weighted by atomic mass is 10.1. The number of benzene rings is 2. The van der Waals surface area contributed by atoms with Crippen LogP contribution >= 0.6 is 0 Å². The van der Waals surface area contributed by atoms with Crippen molar-refractivity contribution in [3.05, 3.63) is 65.8 Å². The van der Waals surface area contributed by atoms with E-state index >= 15 is 0 Å². The van der Waals surface area contributed by atoms with Crippen molar-refractivity contribution in [2.24, 2.45) is 0 Å². The summed E-state index contributed by atoms with van der Waals surface area (Å²) in [5.41, 5.74) is 4.63. The van der Waals surface area contributed by atoms with E-state index < -0.39 is 13.9 Å². The number of carbonyl (C=O) groups excluding carboxylic acids is 1. The highest BCUT2D eigenvalue weighted by Crippen LogP contribution is 2.46. The molecule has 0 atom stereocenters. The minimum Gasteiger partial charge on any atom is -0.450 e. The second kappa shape index (κ2) is 8.15. The Kier molecular flexibility index (Phi) is 5.99. The van der Waals surface area contributed by atoms with Crippen molar-refractivity contribution in [2.75, 3.05) is 4.90 Å². The molecule has 154 valence electrons. The number of nitrogens with zero attached hydrogens (tertiary/aromatic N) is 1. The minimum absolute atomic E-state index is 0.242. The maximum absolute atomic E-state index is 14.0. The Morgan fingerprint density at radius 2 is 1.52 bits per heavy atom. The summed E-state index contributed by atoms with van der Waals surface area (Å²) in [6.45, 7) is 13.5. The number of carbonyl (C=O) groups is 1. The van der Waals surface area contributed by atoms with Crippen molar-refractivity contribution in [3.63, 3.8) is 0 Å². The lowest BCUT2D eigenvalue weighted by Crippen LogP contribution is -2.45. The SMILES string of the molecule is CC(C)[Si](/C=C1\Oc2ccc(F)cc2N(c2ccccc2)C1=O)(C(C)C)C(C)C. The molecule has 1 amide bonds. The Morgan fingerprint density at radius 1 is 0.931 bits per heavy atom. The highest BCUT2D eigenvalue weighted by atomic mass is 28.3. The molecule has 0 unspecified atom stereocenters. The van der Waals surface area contributed by atoms with Gasteiger partial charge in [0.25, 0.3) is 5.91 Å². The predicted molar refractivity (Wildman–Crippen MR) is 120 cm³/mol. The molecule has 29 heavy (non-hydrogen) atoms. The van der Waals surface area contributed by atoms with E-state index in [1.165, 1.54) is 12.1 Å². The van der Waals surface area contributed by atoms with Gasteiger partial charge in [0.2, 0.25) is 0 Å². The first-order chi connectivity index (χ1) is 13.7. The molecule has 0 spiro atoms. The van der Waals surface area contributed by atoms with Gasteiger partial charge in [-0.2, -0.15) is 0 Å². The monoisotopic (exact) mass is 411 g/mol. The first-order valence-electron chi connectivity index (χ1n) is 10.3. The van der Waals surface area contributed by atoms with Crippen LogP contribution in [0, 0.1) is 5.82 Å². The molecule has 1 heterocycles. The van der Waals surface area contributed by atoms with Gasteiger partial charge in [0.05, 0.1) is 13.8 Å². The van der Waals surface area contributed by atoms with Crippen LogP contribution in [0.25, 0.3) is 0 Å². The largest absolute Gasteiger partial charge is 0.450 e. The van der Waals surface area contributed by atoms with Gasteiger partial charge in [-0.25, -0.2) is 4.39 Å². The molecule has 0 saturated carbocycles. The zero-order chi connectivity index (χ0) is 21.3. The van der Waals surface area contributed by atoms with Gasteiger partial charge in [0.15, 0.2) is 11.5 Å². The fourth-order valence-electron chi connectivity index (χ4n) is 4.78. The third-order valence-corrected chi connectivity index (χ3v) is 13.0. The smallest absolute Gasteiger partial charge is 0.297 e. The van der Waals surface area contributed by atoms with Crippen LogP contribution in [0.4, 0.5) is 15.8 Å². The second-order valence-electron chi connectivity index (χ2n) is 8.66. The van der Waals surface area contributed by atoms with Gasteiger partial charge < -0.3 is 4.74 Å². The van der Waals surface area contributed by atoms with Gasteiger partial charge >= 0.3 is 0 Å². The summed E-state index contributed by atoms with van der Waals surface area (Å²) in [5.74, 6) is 0.216. The Labute approximate surface area is 174 Å². The zero-order valence-corrected chi connectivity index (χ0v) is 19.1. The van der Waals surface area contributed by atoms with Gasteiger partial charge in [-0.1, -0.05) is 59.7 Å². The van der Waals surface area contributed by atoms with E-state index in [9.17, 15) is 9.18 Å². The fraction of sp³-hybridized carbons (Fsp3) is 0.375. The summed E-state index contributed by atoms with van der Waals surface area (Å²) in [4.78, 5) is 15.1. The Morgan fingerprint density at radius 3 is 2.07 bits per heavy atom. The lowest BCUT2D eigenvalue weighted by Gasteiger charge is -2.41. The summed E-state index contributed by atoms with van der Waals surface area (Å²) in [6, 6.07) is 13.7. The van der Waals surface area contributed by atoms with Gasteiger partial charge in [0.1, 0.15) is 5.82 Å². The quantitative estimate of drug-likeness (QED) is 0.392. The number of amides is 1. The molecule has 3 nitrogen and oxygen atoms in total. The lowest BCUT2D eigenvalue weighted by molar-refractivity contribution is -0.116. The maximum atomic E-state index is 14.0. The minimum atomic E-state index is -2.03. The van der Waals surface area contributed by atoms with Crippen molar-refractivity contribution in [2.45, 2.75) is 58.2 Å². The van der Waals surface area contributed by atoms with E-state index in [-0.39, 0.29) is 5.91 Å². The Bertz CT molecular complexity index is 900. The first kappa shape index (κ1) is 21.3. The van der Waals surface area contributed by atoms with Crippen LogP contribution in [0.2, 0.25) is 16.6 Å². The summed E-state index contributed by atoms with van der Waals surface area (Å²) in [5, 5.41) is 0. The normalized spacial score (nSPS) is 16.0.